The van der Waals surface area contributed by atoms with Crippen LogP contribution in [-0.4, -0.2) is 43.8 Å². The highest BCUT2D eigenvalue weighted by Crippen LogP contribution is 2.19. The van der Waals surface area contributed by atoms with Crippen LogP contribution in [-0.2, 0) is 14.8 Å². The first-order valence-electron chi connectivity index (χ1n) is 9.18. The summed E-state index contributed by atoms with van der Waals surface area (Å²) in [4.78, 5) is 26.3. The van der Waals surface area contributed by atoms with E-state index in [4.69, 9.17) is 0 Å². The quantitative estimate of drug-likeness (QED) is 0.619. The standard InChI is InChI=1S/C21H23N3O4S/c1-15(16-6-4-3-5-7-16)13-22-21(26)14-24(2)29(27,28)18-9-10-19-17(12-18)8-11-20(25)23-19/h3-12,15H,13-14H2,1-2H3,(H,22,26)(H,23,25)/t15-/m1/s1. The second kappa shape index (κ2) is 8.59. The lowest BCUT2D eigenvalue weighted by molar-refractivity contribution is -0.121. The summed E-state index contributed by atoms with van der Waals surface area (Å²) in [6.07, 6.45) is 0. The Balaban J connectivity index is 1.65. The molecular formula is C21H23N3O4S. The zero-order valence-electron chi connectivity index (χ0n) is 16.3. The van der Waals surface area contributed by atoms with Gasteiger partial charge in [0, 0.05) is 25.2 Å². The number of hydrogen-bond acceptors (Lipinski definition) is 4. The van der Waals surface area contributed by atoms with Crippen LogP contribution in [0.25, 0.3) is 10.9 Å². The minimum atomic E-state index is -3.85. The highest BCUT2D eigenvalue weighted by atomic mass is 32.2. The first-order valence-corrected chi connectivity index (χ1v) is 10.6. The van der Waals surface area contributed by atoms with Gasteiger partial charge >= 0.3 is 0 Å². The van der Waals surface area contributed by atoms with Gasteiger partial charge in [-0.25, -0.2) is 8.42 Å². The number of rotatable bonds is 7. The molecule has 29 heavy (non-hydrogen) atoms. The van der Waals surface area contributed by atoms with Crippen molar-refractivity contribution in [2.75, 3.05) is 20.1 Å². The SMILES string of the molecule is C[C@H](CNC(=O)CN(C)S(=O)(=O)c1ccc2[nH]c(=O)ccc2c1)c1ccccc1. The number of nitrogens with one attached hydrogen (secondary N) is 2. The average Bonchev–Trinajstić information content (AvgIpc) is 2.72. The minimum absolute atomic E-state index is 0.0602. The van der Waals surface area contributed by atoms with Crippen molar-refractivity contribution in [3.8, 4) is 0 Å². The van der Waals surface area contributed by atoms with Crippen molar-refractivity contribution >= 4 is 26.8 Å². The van der Waals surface area contributed by atoms with Gasteiger partial charge in [-0.1, -0.05) is 37.3 Å². The third-order valence-corrected chi connectivity index (χ3v) is 6.54. The molecule has 0 aliphatic heterocycles. The molecule has 0 bridgehead atoms. The zero-order valence-corrected chi connectivity index (χ0v) is 17.1. The number of hydrogen-bond donors (Lipinski definition) is 2. The number of nitrogens with zero attached hydrogens (tertiary/aromatic N) is 1. The van der Waals surface area contributed by atoms with E-state index in [1.807, 2.05) is 37.3 Å². The van der Waals surface area contributed by atoms with E-state index >= 15 is 0 Å². The zero-order chi connectivity index (χ0) is 21.0. The third-order valence-electron chi connectivity index (χ3n) is 4.74. The Hall–Kier alpha value is -2.97. The van der Waals surface area contributed by atoms with Gasteiger partial charge in [-0.3, -0.25) is 9.59 Å². The fourth-order valence-corrected chi connectivity index (χ4v) is 4.15. The molecule has 0 saturated carbocycles. The van der Waals surface area contributed by atoms with Gasteiger partial charge in [0.25, 0.3) is 0 Å². The lowest BCUT2D eigenvalue weighted by atomic mass is 10.0. The fourth-order valence-electron chi connectivity index (χ4n) is 2.98. The van der Waals surface area contributed by atoms with Crippen molar-refractivity contribution in [2.45, 2.75) is 17.7 Å². The molecule has 0 aliphatic rings. The molecule has 0 aliphatic carbocycles. The first kappa shape index (κ1) is 20.8. The topological polar surface area (TPSA) is 99.3 Å². The number of H-pyrrole nitrogens is 1. The van der Waals surface area contributed by atoms with E-state index in [1.165, 1.54) is 25.2 Å². The molecule has 0 spiro atoms. The van der Waals surface area contributed by atoms with Crippen molar-refractivity contribution in [1.82, 2.24) is 14.6 Å². The molecule has 0 fully saturated rings. The van der Waals surface area contributed by atoms with Crippen LogP contribution in [0.15, 0.2) is 70.4 Å². The fraction of sp³-hybridized carbons (Fsp3) is 0.238. The summed E-state index contributed by atoms with van der Waals surface area (Å²) in [6, 6.07) is 17.1. The lowest BCUT2D eigenvalue weighted by Gasteiger charge is -2.18. The number of aromatic amines is 1. The van der Waals surface area contributed by atoms with Gasteiger partial charge in [-0.05, 0) is 41.1 Å². The van der Waals surface area contributed by atoms with Crippen molar-refractivity contribution in [1.29, 1.82) is 0 Å². The summed E-state index contributed by atoms with van der Waals surface area (Å²) in [7, 11) is -2.48. The minimum Gasteiger partial charge on any atom is -0.354 e. The van der Waals surface area contributed by atoms with Gasteiger partial charge in [0.2, 0.25) is 21.5 Å². The molecular weight excluding hydrogens is 390 g/mol. The normalized spacial score (nSPS) is 12.8. The van der Waals surface area contributed by atoms with Gasteiger partial charge in [0.1, 0.15) is 0 Å². The number of amides is 1. The molecule has 0 saturated heterocycles. The number of benzene rings is 2. The van der Waals surface area contributed by atoms with Gasteiger partial charge < -0.3 is 10.3 Å². The van der Waals surface area contributed by atoms with Crippen LogP contribution in [0.4, 0.5) is 0 Å². The molecule has 3 aromatic rings. The molecule has 7 nitrogen and oxygen atoms in total. The molecule has 3 rings (SSSR count). The summed E-state index contributed by atoms with van der Waals surface area (Å²) < 4.78 is 26.6. The van der Waals surface area contributed by atoms with E-state index in [9.17, 15) is 18.0 Å². The number of carbonyl (C=O) groups excluding carboxylic acids is 1. The first-order chi connectivity index (χ1) is 13.8. The van der Waals surface area contributed by atoms with Crippen LogP contribution in [0.5, 0.6) is 0 Å². The van der Waals surface area contributed by atoms with Crippen LogP contribution in [0.1, 0.15) is 18.4 Å². The van der Waals surface area contributed by atoms with E-state index in [-0.39, 0.29) is 28.8 Å². The van der Waals surface area contributed by atoms with Gasteiger partial charge in [-0.15, -0.1) is 0 Å². The van der Waals surface area contributed by atoms with Crippen LogP contribution >= 0.6 is 0 Å². The van der Waals surface area contributed by atoms with E-state index < -0.39 is 10.0 Å². The summed E-state index contributed by atoms with van der Waals surface area (Å²) in [5, 5.41) is 3.38. The maximum atomic E-state index is 12.8. The number of pyridine rings is 1. The Labute approximate surface area is 169 Å². The molecule has 152 valence electrons. The maximum Gasteiger partial charge on any atom is 0.248 e. The molecule has 0 unspecified atom stereocenters. The van der Waals surface area contributed by atoms with Crippen LogP contribution in [0, 0.1) is 0 Å². The number of sulfonamides is 1. The van der Waals surface area contributed by atoms with Crippen molar-refractivity contribution in [2.24, 2.45) is 0 Å². The largest absolute Gasteiger partial charge is 0.354 e. The monoisotopic (exact) mass is 413 g/mol. The third kappa shape index (κ3) is 4.90. The Kier molecular flexibility index (Phi) is 6.14. The summed E-state index contributed by atoms with van der Waals surface area (Å²) in [6.45, 7) is 2.13. The van der Waals surface area contributed by atoms with Crippen LogP contribution in [0.2, 0.25) is 0 Å². The van der Waals surface area contributed by atoms with Gasteiger partial charge in [0.15, 0.2) is 0 Å². The number of carbonyl (C=O) groups is 1. The Morgan fingerprint density at radius 3 is 2.55 bits per heavy atom. The van der Waals surface area contributed by atoms with Crippen LogP contribution in [0.3, 0.4) is 0 Å². The van der Waals surface area contributed by atoms with Crippen LogP contribution < -0.4 is 10.9 Å². The molecule has 2 aromatic carbocycles. The van der Waals surface area contributed by atoms with Gasteiger partial charge in [-0.2, -0.15) is 4.31 Å². The Morgan fingerprint density at radius 1 is 1.10 bits per heavy atom. The van der Waals surface area contributed by atoms with Crippen molar-refractivity contribution in [3.63, 3.8) is 0 Å². The van der Waals surface area contributed by atoms with Crippen molar-refractivity contribution in [3.05, 3.63) is 76.6 Å². The summed E-state index contributed by atoms with van der Waals surface area (Å²) in [5.41, 5.74) is 1.39. The number of fused-ring (bicyclic) bond motifs is 1. The van der Waals surface area contributed by atoms with E-state index in [2.05, 4.69) is 10.3 Å². The predicted octanol–water partition coefficient (Wildman–Crippen LogP) is 2.07. The Morgan fingerprint density at radius 2 is 1.83 bits per heavy atom. The second-order valence-corrected chi connectivity index (χ2v) is 8.99. The number of aromatic nitrogens is 1. The smallest absolute Gasteiger partial charge is 0.248 e. The number of likely N-dealkylation sites (N-methyl/N-ethyl adjacent to an activating group) is 1. The Bertz CT molecular complexity index is 1170. The lowest BCUT2D eigenvalue weighted by Crippen LogP contribution is -2.39. The van der Waals surface area contributed by atoms with Gasteiger partial charge in [0.05, 0.1) is 11.4 Å². The highest BCUT2D eigenvalue weighted by Gasteiger charge is 2.23. The predicted molar refractivity (Wildman–Crippen MR) is 112 cm³/mol. The molecule has 2 N–H and O–H groups in total. The molecule has 1 heterocycles. The molecule has 1 aromatic heterocycles. The van der Waals surface area contributed by atoms with E-state index in [0.717, 1.165) is 9.87 Å². The molecule has 8 heteroatoms. The summed E-state index contributed by atoms with van der Waals surface area (Å²) >= 11 is 0. The highest BCUT2D eigenvalue weighted by molar-refractivity contribution is 7.89. The van der Waals surface area contributed by atoms with E-state index in [0.29, 0.717) is 17.4 Å². The maximum absolute atomic E-state index is 12.8. The average molecular weight is 413 g/mol. The van der Waals surface area contributed by atoms with E-state index in [1.54, 1.807) is 12.1 Å². The second-order valence-electron chi connectivity index (χ2n) is 6.95. The van der Waals surface area contributed by atoms with Crippen molar-refractivity contribution < 1.29 is 13.2 Å². The molecule has 1 atom stereocenters. The summed E-state index contributed by atoms with van der Waals surface area (Å²) in [5.74, 6) is -0.256. The molecule has 1 amide bonds. The molecule has 0 radical (unpaired) electrons.